The molecule has 334 valence electrons. The normalized spacial score (nSPS) is 22.0. The Bertz CT molecular complexity index is 2860. The maximum Gasteiger partial charge on any atom is 0.421 e. The Hall–Kier alpha value is -7.64. The molecule has 15 heteroatoms. The third-order valence-corrected chi connectivity index (χ3v) is 12.3. The second-order valence-corrected chi connectivity index (χ2v) is 15.9. The van der Waals surface area contributed by atoms with E-state index < -0.39 is 59.4 Å². The van der Waals surface area contributed by atoms with Crippen molar-refractivity contribution in [2.75, 3.05) is 45.0 Å². The monoisotopic (exact) mass is 886 g/mol. The molecule has 1 spiro atoms. The molecule has 3 aliphatic heterocycles. The van der Waals surface area contributed by atoms with Gasteiger partial charge >= 0.3 is 12.1 Å². The van der Waals surface area contributed by atoms with Gasteiger partial charge in [0.1, 0.15) is 48.6 Å². The number of imide groups is 1. The summed E-state index contributed by atoms with van der Waals surface area (Å²) in [6.07, 6.45) is -0.441. The molecule has 66 heavy (non-hydrogen) atoms. The Balaban J connectivity index is 1.33. The van der Waals surface area contributed by atoms with Crippen molar-refractivity contribution >= 4 is 40.6 Å². The number of amides is 3. The molecular formula is C51H46N6O9. The minimum atomic E-state index is -2.08. The van der Waals surface area contributed by atoms with Crippen LogP contribution in [0.2, 0.25) is 0 Å². The number of rotatable bonds is 13. The lowest BCUT2D eigenvalue weighted by atomic mass is 9.65. The number of hydrogen-bond donors (Lipinski definition) is 2. The quantitative estimate of drug-likeness (QED) is 0.0637. The van der Waals surface area contributed by atoms with Crippen molar-refractivity contribution in [3.05, 3.63) is 168 Å². The van der Waals surface area contributed by atoms with Crippen LogP contribution in [0, 0.1) is 17.8 Å². The number of benzene rings is 5. The second-order valence-electron chi connectivity index (χ2n) is 15.9. The number of morpholine rings is 1. The van der Waals surface area contributed by atoms with E-state index in [1.807, 2.05) is 89.8 Å². The van der Waals surface area contributed by atoms with Crippen molar-refractivity contribution in [3.8, 4) is 17.6 Å². The molecule has 9 rings (SSSR count). The SMILES string of the molecule is C=CCNC(=O)[C@H]1[C@@H]2C(=O)O[C@@H](c3ccccc3)[C@@H](c3ccccc3)N2[C@@H](c2ccccc2OCCO)[C@]12C(=O)N(C(=O)OCCOC)c1ccc(C#CCn3nnc4ccccc43)cc12. The molecule has 15 nitrogen and oxygen atoms in total. The summed E-state index contributed by atoms with van der Waals surface area (Å²) >= 11 is 0. The van der Waals surface area contributed by atoms with Gasteiger partial charge in [0.25, 0.3) is 0 Å². The van der Waals surface area contributed by atoms with E-state index in [2.05, 4.69) is 34.0 Å². The molecule has 2 fully saturated rings. The lowest BCUT2D eigenvalue weighted by Gasteiger charge is -2.46. The summed E-state index contributed by atoms with van der Waals surface area (Å²) in [5.74, 6) is 2.91. The van der Waals surface area contributed by atoms with Crippen LogP contribution in [0.15, 0.2) is 140 Å². The number of methoxy groups -OCH3 is 1. The molecule has 1 aromatic heterocycles. The van der Waals surface area contributed by atoms with Crippen LogP contribution in [0.4, 0.5) is 10.5 Å². The predicted molar refractivity (Wildman–Crippen MR) is 242 cm³/mol. The van der Waals surface area contributed by atoms with E-state index in [9.17, 15) is 9.90 Å². The highest BCUT2D eigenvalue weighted by Gasteiger charge is 2.76. The number of nitrogens with one attached hydrogen (secondary N) is 1. The Labute approximate surface area is 380 Å². The molecule has 2 N–H and O–H groups in total. The number of nitrogens with zero attached hydrogens (tertiary/aromatic N) is 5. The number of ether oxygens (including phenoxy) is 4. The number of aliphatic hydroxyl groups is 1. The minimum absolute atomic E-state index is 0.00486. The van der Waals surface area contributed by atoms with E-state index >= 15 is 14.4 Å². The number of carbonyl (C=O) groups is 4. The molecule has 0 unspecified atom stereocenters. The summed E-state index contributed by atoms with van der Waals surface area (Å²) in [5.41, 5.74) is 2.08. The number of esters is 1. The zero-order valence-electron chi connectivity index (χ0n) is 36.0. The van der Waals surface area contributed by atoms with Crippen molar-refractivity contribution in [3.63, 3.8) is 0 Å². The van der Waals surface area contributed by atoms with Gasteiger partial charge in [0.05, 0.1) is 42.4 Å². The van der Waals surface area contributed by atoms with E-state index in [0.29, 0.717) is 22.2 Å². The molecule has 0 bridgehead atoms. The minimum Gasteiger partial charge on any atom is -0.491 e. The van der Waals surface area contributed by atoms with Crippen molar-refractivity contribution in [1.82, 2.24) is 25.2 Å². The standard InChI is InChI=1S/C51H46N6O9/c1-3-26-52-47(59)42-44-48(60)66-45(35-18-8-5-9-19-35)43(34-16-6-4-7-17-34)57(44)46(36-20-10-13-23-41(36)64-29-28-58)51(42)37-32-33(15-14-27-55-40-22-12-11-21-38(40)53-54-55)24-25-39(37)56(49(51)61)50(62)65-31-30-63-2/h3-13,16-25,32,42-46,58H,1,26-31H2,2H3,(H,52,59)/t42-,43-,44-,45+,46+,51-/m1/s1. The number of hydrogen-bond acceptors (Lipinski definition) is 12. The molecule has 5 aromatic carbocycles. The molecule has 3 aliphatic rings. The number of aliphatic hydroxyl groups excluding tert-OH is 1. The first kappa shape index (κ1) is 43.6. The molecule has 6 atom stereocenters. The fraction of sp³-hybridized carbons (Fsp3) is 0.255. The highest BCUT2D eigenvalue weighted by atomic mass is 16.6. The van der Waals surface area contributed by atoms with Gasteiger partial charge in [-0.05, 0) is 53.1 Å². The number of para-hydroxylation sites is 2. The predicted octanol–water partition coefficient (Wildman–Crippen LogP) is 5.60. The molecular weight excluding hydrogens is 841 g/mol. The fourth-order valence-corrected chi connectivity index (χ4v) is 9.74. The highest BCUT2D eigenvalue weighted by molar-refractivity contribution is 6.23. The Morgan fingerprint density at radius 2 is 1.62 bits per heavy atom. The van der Waals surface area contributed by atoms with Gasteiger partial charge in [0.2, 0.25) is 11.8 Å². The highest BCUT2D eigenvalue weighted by Crippen LogP contribution is 2.66. The van der Waals surface area contributed by atoms with Crippen LogP contribution >= 0.6 is 0 Å². The van der Waals surface area contributed by atoms with Gasteiger partial charge in [-0.15, -0.1) is 11.7 Å². The lowest BCUT2D eigenvalue weighted by molar-refractivity contribution is -0.178. The fourth-order valence-electron chi connectivity index (χ4n) is 9.74. The van der Waals surface area contributed by atoms with Gasteiger partial charge in [-0.3, -0.25) is 19.3 Å². The van der Waals surface area contributed by atoms with E-state index in [1.54, 1.807) is 47.1 Å². The summed E-state index contributed by atoms with van der Waals surface area (Å²) in [6, 6.07) is 34.8. The summed E-state index contributed by atoms with van der Waals surface area (Å²) in [6.45, 7) is 3.42. The molecule has 4 heterocycles. The summed E-state index contributed by atoms with van der Waals surface area (Å²) < 4.78 is 25.3. The molecule has 0 saturated carbocycles. The van der Waals surface area contributed by atoms with Gasteiger partial charge in [-0.1, -0.05) is 114 Å². The van der Waals surface area contributed by atoms with Crippen LogP contribution in [-0.4, -0.2) is 95.0 Å². The second kappa shape index (κ2) is 18.8. The van der Waals surface area contributed by atoms with E-state index in [-0.39, 0.29) is 56.5 Å². The smallest absolute Gasteiger partial charge is 0.421 e. The van der Waals surface area contributed by atoms with Gasteiger partial charge in [-0.25, -0.2) is 14.4 Å². The molecule has 0 aliphatic carbocycles. The largest absolute Gasteiger partial charge is 0.491 e. The topological polar surface area (TPSA) is 175 Å². The Morgan fingerprint density at radius 3 is 2.38 bits per heavy atom. The van der Waals surface area contributed by atoms with Crippen LogP contribution in [0.1, 0.15) is 46.0 Å². The van der Waals surface area contributed by atoms with E-state index in [1.165, 1.54) is 13.2 Å². The van der Waals surface area contributed by atoms with Crippen LogP contribution in [-0.2, 0) is 40.6 Å². The van der Waals surface area contributed by atoms with Crippen molar-refractivity contribution < 1.29 is 43.2 Å². The average molecular weight is 887 g/mol. The molecule has 2 saturated heterocycles. The van der Waals surface area contributed by atoms with E-state index in [0.717, 1.165) is 16.0 Å². The van der Waals surface area contributed by atoms with Crippen molar-refractivity contribution in [2.24, 2.45) is 5.92 Å². The maximum atomic E-state index is 16.3. The van der Waals surface area contributed by atoms with Gasteiger partial charge in [0.15, 0.2) is 0 Å². The Morgan fingerprint density at radius 1 is 0.894 bits per heavy atom. The van der Waals surface area contributed by atoms with Crippen molar-refractivity contribution in [2.45, 2.75) is 36.2 Å². The number of fused-ring (bicyclic) bond motifs is 4. The van der Waals surface area contributed by atoms with Gasteiger partial charge in [-0.2, -0.15) is 0 Å². The first-order valence-corrected chi connectivity index (χ1v) is 21.5. The third-order valence-electron chi connectivity index (χ3n) is 12.3. The van der Waals surface area contributed by atoms with Crippen LogP contribution in [0.5, 0.6) is 5.75 Å². The number of anilines is 1. The third kappa shape index (κ3) is 7.54. The molecule has 6 aromatic rings. The van der Waals surface area contributed by atoms with Crippen LogP contribution in [0.3, 0.4) is 0 Å². The number of carbonyl (C=O) groups excluding carboxylic acids is 4. The average Bonchev–Trinajstić information content (AvgIpc) is 3.99. The summed E-state index contributed by atoms with van der Waals surface area (Å²) in [5, 5.41) is 21.5. The summed E-state index contributed by atoms with van der Waals surface area (Å²) in [7, 11) is 1.46. The Kier molecular flexibility index (Phi) is 12.4. The van der Waals surface area contributed by atoms with E-state index in [4.69, 9.17) is 18.9 Å². The lowest BCUT2D eigenvalue weighted by Crippen LogP contribution is -2.55. The zero-order chi connectivity index (χ0) is 45.8. The first-order chi connectivity index (χ1) is 32.3. The van der Waals surface area contributed by atoms with Crippen molar-refractivity contribution in [1.29, 1.82) is 0 Å². The van der Waals surface area contributed by atoms with Crippen LogP contribution in [0.25, 0.3) is 11.0 Å². The molecule has 0 radical (unpaired) electrons. The zero-order valence-corrected chi connectivity index (χ0v) is 36.0. The van der Waals surface area contributed by atoms with Gasteiger partial charge in [0, 0.05) is 24.8 Å². The summed E-state index contributed by atoms with van der Waals surface area (Å²) in [4.78, 5) is 64.1. The molecule has 3 amide bonds. The van der Waals surface area contributed by atoms with Gasteiger partial charge < -0.3 is 29.4 Å². The number of cyclic esters (lactones) is 1. The maximum absolute atomic E-state index is 16.3. The first-order valence-electron chi connectivity index (χ1n) is 21.5. The number of aromatic nitrogens is 3. The van der Waals surface area contributed by atoms with Crippen LogP contribution < -0.4 is 15.0 Å².